The molecule has 0 radical (unpaired) electrons. The zero-order valence-corrected chi connectivity index (χ0v) is 14.0. The van der Waals surface area contributed by atoms with Gasteiger partial charge in [-0.1, -0.05) is 39.0 Å². The van der Waals surface area contributed by atoms with Crippen molar-refractivity contribution in [1.82, 2.24) is 5.32 Å². The van der Waals surface area contributed by atoms with Crippen LogP contribution in [0.25, 0.3) is 0 Å². The molecule has 134 valence electrons. The third-order valence-electron chi connectivity index (χ3n) is 3.64. The second-order valence-electron chi connectivity index (χ2n) is 6.23. The van der Waals surface area contributed by atoms with Crippen molar-refractivity contribution >= 4 is 17.8 Å². The van der Waals surface area contributed by atoms with Gasteiger partial charge < -0.3 is 20.6 Å². The molecule has 0 aromatic carbocycles. The summed E-state index contributed by atoms with van der Waals surface area (Å²) in [5.41, 5.74) is -1.19. The standard InChI is InChI=1S/C16H29NO6/c1-3-4-5-6-7-10-16(2,23)11-13(18)17-12(15(21)22)8-9-14(19)20/h12,23H,3-11H2,1-2H3,(H,17,18)(H,19,20)(H,21,22). The highest BCUT2D eigenvalue weighted by molar-refractivity contribution is 5.84. The topological polar surface area (TPSA) is 124 Å². The van der Waals surface area contributed by atoms with Crippen LogP contribution < -0.4 is 5.32 Å². The molecule has 0 saturated carbocycles. The Labute approximate surface area is 137 Å². The Morgan fingerprint density at radius 3 is 2.22 bits per heavy atom. The van der Waals surface area contributed by atoms with Crippen LogP contribution in [0.4, 0.5) is 0 Å². The highest BCUT2D eigenvalue weighted by atomic mass is 16.4. The van der Waals surface area contributed by atoms with Crippen LogP contribution >= 0.6 is 0 Å². The molecule has 0 rings (SSSR count). The van der Waals surface area contributed by atoms with E-state index in [-0.39, 0.29) is 19.3 Å². The van der Waals surface area contributed by atoms with Crippen molar-refractivity contribution in [3.8, 4) is 0 Å². The second kappa shape index (κ2) is 11.0. The SMILES string of the molecule is CCCCCCCC(C)(O)CC(=O)NC(CCC(=O)O)C(=O)O. The van der Waals surface area contributed by atoms with E-state index in [0.717, 1.165) is 32.1 Å². The highest BCUT2D eigenvalue weighted by Crippen LogP contribution is 2.19. The van der Waals surface area contributed by atoms with Crippen LogP contribution in [0.5, 0.6) is 0 Å². The van der Waals surface area contributed by atoms with Crippen molar-refractivity contribution in [3.05, 3.63) is 0 Å². The molecule has 0 heterocycles. The fourth-order valence-electron chi connectivity index (χ4n) is 2.31. The quantitative estimate of drug-likeness (QED) is 0.382. The molecule has 7 heteroatoms. The van der Waals surface area contributed by atoms with Crippen LogP contribution in [0.3, 0.4) is 0 Å². The Balaban J connectivity index is 4.25. The van der Waals surface area contributed by atoms with Crippen molar-refractivity contribution in [2.45, 2.75) is 83.3 Å². The van der Waals surface area contributed by atoms with Crippen molar-refractivity contribution in [2.24, 2.45) is 0 Å². The van der Waals surface area contributed by atoms with Gasteiger partial charge in [0.25, 0.3) is 0 Å². The van der Waals surface area contributed by atoms with Gasteiger partial charge in [-0.15, -0.1) is 0 Å². The molecule has 2 atom stereocenters. The molecule has 7 nitrogen and oxygen atoms in total. The molecule has 0 fully saturated rings. The minimum atomic E-state index is -1.28. The number of aliphatic hydroxyl groups is 1. The number of carbonyl (C=O) groups is 3. The number of carboxylic acids is 2. The van der Waals surface area contributed by atoms with Crippen LogP contribution in [-0.2, 0) is 14.4 Å². The Bertz CT molecular complexity index is 394. The number of aliphatic carboxylic acids is 2. The Kier molecular flexibility index (Phi) is 10.2. The van der Waals surface area contributed by atoms with Gasteiger partial charge in [0.15, 0.2) is 0 Å². The summed E-state index contributed by atoms with van der Waals surface area (Å²) in [6.45, 7) is 3.67. The molecule has 23 heavy (non-hydrogen) atoms. The summed E-state index contributed by atoms with van der Waals surface area (Å²) in [5, 5.41) is 30.1. The Morgan fingerprint density at radius 2 is 1.70 bits per heavy atom. The summed E-state index contributed by atoms with van der Waals surface area (Å²) < 4.78 is 0. The summed E-state index contributed by atoms with van der Waals surface area (Å²) >= 11 is 0. The van der Waals surface area contributed by atoms with Crippen LogP contribution in [0.2, 0.25) is 0 Å². The monoisotopic (exact) mass is 331 g/mol. The first-order valence-corrected chi connectivity index (χ1v) is 8.14. The maximum absolute atomic E-state index is 11.9. The number of rotatable bonds is 13. The molecule has 0 aliphatic heterocycles. The number of hydrogen-bond donors (Lipinski definition) is 4. The lowest BCUT2D eigenvalue weighted by molar-refractivity contribution is -0.143. The molecule has 1 amide bonds. The van der Waals surface area contributed by atoms with Gasteiger partial charge in [0.2, 0.25) is 5.91 Å². The van der Waals surface area contributed by atoms with Crippen LogP contribution in [-0.4, -0.2) is 44.8 Å². The lowest BCUT2D eigenvalue weighted by Gasteiger charge is -2.23. The molecular formula is C16H29NO6. The van der Waals surface area contributed by atoms with Crippen molar-refractivity contribution in [1.29, 1.82) is 0 Å². The van der Waals surface area contributed by atoms with Gasteiger partial charge in [0.05, 0.1) is 12.0 Å². The average molecular weight is 331 g/mol. The van der Waals surface area contributed by atoms with E-state index in [9.17, 15) is 19.5 Å². The number of carbonyl (C=O) groups excluding carboxylic acids is 1. The average Bonchev–Trinajstić information content (AvgIpc) is 2.42. The normalized spacial score (nSPS) is 14.7. The maximum Gasteiger partial charge on any atom is 0.326 e. The van der Waals surface area contributed by atoms with Gasteiger partial charge in [-0.2, -0.15) is 0 Å². The van der Waals surface area contributed by atoms with E-state index in [1.54, 1.807) is 6.92 Å². The van der Waals surface area contributed by atoms with Gasteiger partial charge in [-0.05, 0) is 19.8 Å². The number of carboxylic acid groups (broad SMARTS) is 2. The largest absolute Gasteiger partial charge is 0.481 e. The Hall–Kier alpha value is -1.63. The molecule has 2 unspecified atom stereocenters. The van der Waals surface area contributed by atoms with Gasteiger partial charge in [-0.3, -0.25) is 9.59 Å². The molecule has 0 spiro atoms. The third kappa shape index (κ3) is 11.6. The minimum Gasteiger partial charge on any atom is -0.481 e. The number of amides is 1. The predicted octanol–water partition coefficient (Wildman–Crippen LogP) is 1.92. The molecule has 0 aromatic heterocycles. The summed E-state index contributed by atoms with van der Waals surface area (Å²) in [6, 6.07) is -1.25. The van der Waals surface area contributed by atoms with Crippen molar-refractivity contribution < 1.29 is 29.7 Å². The number of unbranched alkanes of at least 4 members (excludes halogenated alkanes) is 4. The zero-order chi connectivity index (χ0) is 17.9. The van der Waals surface area contributed by atoms with Gasteiger partial charge in [0.1, 0.15) is 6.04 Å². The first-order valence-electron chi connectivity index (χ1n) is 8.14. The number of hydrogen-bond acceptors (Lipinski definition) is 4. The van der Waals surface area contributed by atoms with Crippen LogP contribution in [0.1, 0.15) is 71.6 Å². The Morgan fingerprint density at radius 1 is 1.09 bits per heavy atom. The number of nitrogens with one attached hydrogen (secondary N) is 1. The van der Waals surface area contributed by atoms with Gasteiger partial charge in [-0.25, -0.2) is 4.79 Å². The molecule has 4 N–H and O–H groups in total. The van der Waals surface area contributed by atoms with E-state index in [1.165, 1.54) is 0 Å². The molecule has 0 aromatic rings. The van der Waals surface area contributed by atoms with Crippen LogP contribution in [0, 0.1) is 0 Å². The lowest BCUT2D eigenvalue weighted by Crippen LogP contribution is -2.44. The summed E-state index contributed by atoms with van der Waals surface area (Å²) in [6.07, 6.45) is 4.91. The van der Waals surface area contributed by atoms with Crippen LogP contribution in [0.15, 0.2) is 0 Å². The highest BCUT2D eigenvalue weighted by Gasteiger charge is 2.27. The van der Waals surface area contributed by atoms with Gasteiger partial charge >= 0.3 is 11.9 Å². The van der Waals surface area contributed by atoms with E-state index < -0.39 is 29.5 Å². The molecular weight excluding hydrogens is 302 g/mol. The lowest BCUT2D eigenvalue weighted by atomic mass is 9.93. The zero-order valence-electron chi connectivity index (χ0n) is 14.0. The first kappa shape index (κ1) is 21.4. The smallest absolute Gasteiger partial charge is 0.326 e. The minimum absolute atomic E-state index is 0.185. The second-order valence-corrected chi connectivity index (χ2v) is 6.23. The first-order chi connectivity index (χ1) is 10.7. The van der Waals surface area contributed by atoms with Crippen molar-refractivity contribution in [2.75, 3.05) is 0 Å². The van der Waals surface area contributed by atoms with E-state index in [1.807, 2.05) is 0 Å². The van der Waals surface area contributed by atoms with E-state index in [2.05, 4.69) is 12.2 Å². The summed E-state index contributed by atoms with van der Waals surface area (Å²) in [5.74, 6) is -2.98. The molecule has 0 aliphatic carbocycles. The molecule has 0 saturated heterocycles. The summed E-state index contributed by atoms with van der Waals surface area (Å²) in [7, 11) is 0. The van der Waals surface area contributed by atoms with Crippen molar-refractivity contribution in [3.63, 3.8) is 0 Å². The van der Waals surface area contributed by atoms with E-state index >= 15 is 0 Å². The summed E-state index contributed by atoms with van der Waals surface area (Å²) in [4.78, 5) is 33.4. The fourth-order valence-corrected chi connectivity index (χ4v) is 2.31. The van der Waals surface area contributed by atoms with Gasteiger partial charge in [0, 0.05) is 6.42 Å². The molecule has 0 bridgehead atoms. The predicted molar refractivity (Wildman–Crippen MR) is 85.1 cm³/mol. The molecule has 0 aliphatic rings. The van der Waals surface area contributed by atoms with E-state index in [4.69, 9.17) is 10.2 Å². The van der Waals surface area contributed by atoms with E-state index in [0.29, 0.717) is 6.42 Å². The maximum atomic E-state index is 11.9. The fraction of sp³-hybridized carbons (Fsp3) is 0.812. The third-order valence-corrected chi connectivity index (χ3v) is 3.64.